The molecule has 0 radical (unpaired) electrons. The second-order valence-electron chi connectivity index (χ2n) is 4.11. The summed E-state index contributed by atoms with van der Waals surface area (Å²) >= 11 is 0. The van der Waals surface area contributed by atoms with Gasteiger partial charge in [0.25, 0.3) is 0 Å². The first-order chi connectivity index (χ1) is 7.11. The quantitative estimate of drug-likeness (QED) is 0.770. The third-order valence-corrected chi connectivity index (χ3v) is 3.14. The van der Waals surface area contributed by atoms with E-state index < -0.39 is 11.9 Å². The fourth-order valence-corrected chi connectivity index (χ4v) is 2.35. The number of rotatable bonds is 1. The fourth-order valence-electron chi connectivity index (χ4n) is 2.35. The Morgan fingerprint density at radius 3 is 2.87 bits per heavy atom. The van der Waals surface area contributed by atoms with Gasteiger partial charge in [-0.1, -0.05) is 19.1 Å². The van der Waals surface area contributed by atoms with Crippen molar-refractivity contribution in [3.05, 3.63) is 35.1 Å². The van der Waals surface area contributed by atoms with Crippen LogP contribution >= 0.6 is 0 Å². The van der Waals surface area contributed by atoms with Crippen molar-refractivity contribution in [2.45, 2.75) is 31.6 Å². The van der Waals surface area contributed by atoms with Crippen LogP contribution in [0.4, 0.5) is 4.39 Å². The minimum absolute atomic E-state index is 0.122. The molecule has 1 N–H and O–H groups in total. The van der Waals surface area contributed by atoms with E-state index in [0.717, 1.165) is 6.42 Å². The van der Waals surface area contributed by atoms with Crippen molar-refractivity contribution in [1.82, 2.24) is 0 Å². The second-order valence-corrected chi connectivity index (χ2v) is 4.11. The summed E-state index contributed by atoms with van der Waals surface area (Å²) in [7, 11) is 0. The zero-order chi connectivity index (χ0) is 11.0. The molecule has 2 atom stereocenters. The van der Waals surface area contributed by atoms with Crippen LogP contribution in [0.3, 0.4) is 0 Å². The number of carboxylic acids is 1. The standard InChI is InChI=1S/C12H13FO2/c1-7-5-6-9(12(14)15)8-3-2-4-10(13)11(7)8/h2-4,7,9H,5-6H2,1H3,(H,14,15). The van der Waals surface area contributed by atoms with Crippen LogP contribution in [0.5, 0.6) is 0 Å². The number of fused-ring (bicyclic) bond motifs is 1. The molecule has 2 nitrogen and oxygen atoms in total. The highest BCUT2D eigenvalue weighted by Crippen LogP contribution is 2.39. The summed E-state index contributed by atoms with van der Waals surface area (Å²) in [6.07, 6.45) is 1.35. The monoisotopic (exact) mass is 208 g/mol. The fraction of sp³-hybridized carbons (Fsp3) is 0.417. The largest absolute Gasteiger partial charge is 0.481 e. The van der Waals surface area contributed by atoms with E-state index in [2.05, 4.69) is 0 Å². The second kappa shape index (κ2) is 3.65. The Kier molecular flexibility index (Phi) is 2.47. The lowest BCUT2D eigenvalue weighted by atomic mass is 9.77. The SMILES string of the molecule is CC1CCC(C(=O)O)c2cccc(F)c21. The molecule has 3 heteroatoms. The van der Waals surface area contributed by atoms with Crippen LogP contribution < -0.4 is 0 Å². The third kappa shape index (κ3) is 1.62. The Bertz CT molecular complexity index is 401. The molecule has 80 valence electrons. The Morgan fingerprint density at radius 1 is 1.47 bits per heavy atom. The first-order valence-electron chi connectivity index (χ1n) is 5.12. The molecule has 15 heavy (non-hydrogen) atoms. The summed E-state index contributed by atoms with van der Waals surface area (Å²) in [6.45, 7) is 1.94. The predicted molar refractivity (Wildman–Crippen MR) is 54.4 cm³/mol. The molecule has 2 rings (SSSR count). The molecule has 0 saturated heterocycles. The lowest BCUT2D eigenvalue weighted by molar-refractivity contribution is -0.139. The highest BCUT2D eigenvalue weighted by Gasteiger charge is 2.31. The van der Waals surface area contributed by atoms with Gasteiger partial charge in [-0.2, -0.15) is 0 Å². The summed E-state index contributed by atoms with van der Waals surface area (Å²) in [5, 5.41) is 9.04. The van der Waals surface area contributed by atoms with Gasteiger partial charge in [0, 0.05) is 0 Å². The van der Waals surface area contributed by atoms with Crippen LogP contribution in [0.25, 0.3) is 0 Å². The van der Waals surface area contributed by atoms with Crippen LogP contribution in [0, 0.1) is 5.82 Å². The number of hydrogen-bond acceptors (Lipinski definition) is 1. The van der Waals surface area contributed by atoms with Gasteiger partial charge < -0.3 is 5.11 Å². The minimum Gasteiger partial charge on any atom is -0.481 e. The van der Waals surface area contributed by atoms with Crippen molar-refractivity contribution in [3.63, 3.8) is 0 Å². The average Bonchev–Trinajstić information content (AvgIpc) is 2.17. The van der Waals surface area contributed by atoms with Gasteiger partial charge >= 0.3 is 5.97 Å². The van der Waals surface area contributed by atoms with Gasteiger partial charge in [-0.05, 0) is 36.0 Å². The van der Waals surface area contributed by atoms with Gasteiger partial charge in [0.15, 0.2) is 0 Å². The molecule has 0 fully saturated rings. The van der Waals surface area contributed by atoms with E-state index >= 15 is 0 Å². The van der Waals surface area contributed by atoms with Gasteiger partial charge in [-0.15, -0.1) is 0 Å². The summed E-state index contributed by atoms with van der Waals surface area (Å²) < 4.78 is 13.6. The molecule has 0 aliphatic heterocycles. The predicted octanol–water partition coefficient (Wildman–Crippen LogP) is 2.89. The van der Waals surface area contributed by atoms with E-state index in [4.69, 9.17) is 5.11 Å². The van der Waals surface area contributed by atoms with Crippen molar-refractivity contribution in [2.75, 3.05) is 0 Å². The van der Waals surface area contributed by atoms with Gasteiger partial charge in [-0.3, -0.25) is 4.79 Å². The molecule has 0 bridgehead atoms. The highest BCUT2D eigenvalue weighted by atomic mass is 19.1. The van der Waals surface area contributed by atoms with Gasteiger partial charge in [0.2, 0.25) is 0 Å². The van der Waals surface area contributed by atoms with Gasteiger partial charge in [-0.25, -0.2) is 4.39 Å². The van der Waals surface area contributed by atoms with Crippen molar-refractivity contribution >= 4 is 5.97 Å². The molecule has 1 aromatic rings. The molecule has 2 unspecified atom stereocenters. The lowest BCUT2D eigenvalue weighted by Crippen LogP contribution is -2.20. The third-order valence-electron chi connectivity index (χ3n) is 3.14. The van der Waals surface area contributed by atoms with Crippen molar-refractivity contribution in [3.8, 4) is 0 Å². The average molecular weight is 208 g/mol. The zero-order valence-corrected chi connectivity index (χ0v) is 8.53. The van der Waals surface area contributed by atoms with Crippen LogP contribution in [-0.4, -0.2) is 11.1 Å². The first-order valence-corrected chi connectivity index (χ1v) is 5.12. The zero-order valence-electron chi connectivity index (χ0n) is 8.53. The lowest BCUT2D eigenvalue weighted by Gasteiger charge is -2.27. The van der Waals surface area contributed by atoms with E-state index in [1.807, 2.05) is 6.92 Å². The molecule has 0 spiro atoms. The van der Waals surface area contributed by atoms with Crippen molar-refractivity contribution in [2.24, 2.45) is 0 Å². The Morgan fingerprint density at radius 2 is 2.20 bits per heavy atom. The molecule has 0 heterocycles. The Balaban J connectivity index is 2.55. The maximum absolute atomic E-state index is 13.6. The maximum Gasteiger partial charge on any atom is 0.310 e. The molecule has 0 saturated carbocycles. The maximum atomic E-state index is 13.6. The van der Waals surface area contributed by atoms with Crippen LogP contribution in [0.15, 0.2) is 18.2 Å². The number of carbonyl (C=O) groups is 1. The summed E-state index contributed by atoms with van der Waals surface area (Å²) in [6, 6.07) is 4.72. The van der Waals surface area contributed by atoms with E-state index in [1.165, 1.54) is 6.07 Å². The Labute approximate surface area is 87.7 Å². The highest BCUT2D eigenvalue weighted by molar-refractivity contribution is 5.77. The molecule has 0 amide bonds. The molecule has 1 aliphatic rings. The van der Waals surface area contributed by atoms with E-state index in [9.17, 15) is 9.18 Å². The van der Waals surface area contributed by atoms with Crippen molar-refractivity contribution in [1.29, 1.82) is 0 Å². The van der Waals surface area contributed by atoms with Gasteiger partial charge in [0.05, 0.1) is 5.92 Å². The Hall–Kier alpha value is -1.38. The van der Waals surface area contributed by atoms with Crippen LogP contribution in [0.1, 0.15) is 42.7 Å². The van der Waals surface area contributed by atoms with Crippen LogP contribution in [0.2, 0.25) is 0 Å². The number of halogens is 1. The first kappa shape index (κ1) is 10.1. The van der Waals surface area contributed by atoms with Gasteiger partial charge in [0.1, 0.15) is 5.82 Å². The molecule has 1 aromatic carbocycles. The van der Waals surface area contributed by atoms with E-state index in [0.29, 0.717) is 17.5 Å². The summed E-state index contributed by atoms with van der Waals surface area (Å²) in [5.74, 6) is -1.54. The summed E-state index contributed by atoms with van der Waals surface area (Å²) in [5.41, 5.74) is 1.25. The molecule has 0 aromatic heterocycles. The van der Waals surface area contributed by atoms with Crippen LogP contribution in [-0.2, 0) is 4.79 Å². The number of hydrogen-bond donors (Lipinski definition) is 1. The molecular formula is C12H13FO2. The minimum atomic E-state index is -0.853. The molecular weight excluding hydrogens is 195 g/mol. The molecule has 1 aliphatic carbocycles. The normalized spacial score (nSPS) is 24.7. The summed E-state index contributed by atoms with van der Waals surface area (Å²) in [4.78, 5) is 11.0. The van der Waals surface area contributed by atoms with Crippen molar-refractivity contribution < 1.29 is 14.3 Å². The number of benzene rings is 1. The number of carboxylic acid groups (broad SMARTS) is 1. The van der Waals surface area contributed by atoms with E-state index in [1.54, 1.807) is 12.1 Å². The number of aliphatic carboxylic acids is 1. The smallest absolute Gasteiger partial charge is 0.310 e. The van der Waals surface area contributed by atoms with E-state index in [-0.39, 0.29) is 11.7 Å². The topological polar surface area (TPSA) is 37.3 Å².